The second kappa shape index (κ2) is 5.21. The SMILES string of the molecule is Cc1cc([N+](=O)[O-])cnc1N(CC(=O)O)CC1CC1. The van der Waals surface area contributed by atoms with Crippen LogP contribution in [0.25, 0.3) is 0 Å². The number of carbonyl (C=O) groups is 1. The molecule has 0 radical (unpaired) electrons. The summed E-state index contributed by atoms with van der Waals surface area (Å²) in [5.74, 6) is 0.0934. The first-order valence-corrected chi connectivity index (χ1v) is 6.05. The van der Waals surface area contributed by atoms with E-state index in [9.17, 15) is 14.9 Å². The Hall–Kier alpha value is -2.18. The highest BCUT2D eigenvalue weighted by Gasteiger charge is 2.27. The maximum absolute atomic E-state index is 10.9. The van der Waals surface area contributed by atoms with E-state index in [0.717, 1.165) is 12.8 Å². The Kier molecular flexibility index (Phi) is 3.64. The van der Waals surface area contributed by atoms with Crippen LogP contribution in [0.15, 0.2) is 12.3 Å². The Morgan fingerprint density at radius 2 is 2.32 bits per heavy atom. The van der Waals surface area contributed by atoms with Gasteiger partial charge in [-0.05, 0) is 31.2 Å². The predicted molar refractivity (Wildman–Crippen MR) is 68.2 cm³/mol. The minimum absolute atomic E-state index is 0.0806. The Labute approximate surface area is 110 Å². The molecule has 0 aromatic carbocycles. The van der Waals surface area contributed by atoms with Gasteiger partial charge in [0.05, 0.1) is 4.92 Å². The standard InChI is InChI=1S/C12H15N3O4/c1-8-4-10(15(18)19)5-13-12(8)14(7-11(16)17)6-9-2-3-9/h4-5,9H,2-3,6-7H2,1H3,(H,16,17). The van der Waals surface area contributed by atoms with E-state index < -0.39 is 10.9 Å². The van der Waals surface area contributed by atoms with E-state index in [-0.39, 0.29) is 12.2 Å². The van der Waals surface area contributed by atoms with Crippen LogP contribution in [0.1, 0.15) is 18.4 Å². The largest absolute Gasteiger partial charge is 0.480 e. The number of nitro groups is 1. The summed E-state index contributed by atoms with van der Waals surface area (Å²) in [7, 11) is 0. The molecule has 7 nitrogen and oxygen atoms in total. The molecule has 0 aliphatic heterocycles. The fraction of sp³-hybridized carbons (Fsp3) is 0.500. The van der Waals surface area contributed by atoms with Gasteiger partial charge in [-0.3, -0.25) is 14.9 Å². The summed E-state index contributed by atoms with van der Waals surface area (Å²) in [6.45, 7) is 2.21. The summed E-state index contributed by atoms with van der Waals surface area (Å²) in [6.07, 6.45) is 3.37. The third-order valence-electron chi connectivity index (χ3n) is 3.05. The normalized spacial score (nSPS) is 14.2. The lowest BCUT2D eigenvalue weighted by Gasteiger charge is -2.23. The highest BCUT2D eigenvalue weighted by Crippen LogP contribution is 2.32. The Bertz CT molecular complexity index is 514. The molecule has 0 bridgehead atoms. The van der Waals surface area contributed by atoms with Gasteiger partial charge in [-0.2, -0.15) is 0 Å². The van der Waals surface area contributed by atoms with Crippen LogP contribution in [0.5, 0.6) is 0 Å². The average molecular weight is 265 g/mol. The van der Waals surface area contributed by atoms with Crippen LogP contribution in [0.2, 0.25) is 0 Å². The van der Waals surface area contributed by atoms with E-state index >= 15 is 0 Å². The number of hydrogen-bond acceptors (Lipinski definition) is 5. The molecular weight excluding hydrogens is 250 g/mol. The van der Waals surface area contributed by atoms with E-state index in [1.165, 1.54) is 12.3 Å². The lowest BCUT2D eigenvalue weighted by Crippen LogP contribution is -2.32. The number of anilines is 1. The quantitative estimate of drug-likeness (QED) is 0.619. The van der Waals surface area contributed by atoms with Gasteiger partial charge in [-0.1, -0.05) is 0 Å². The molecule has 1 aliphatic rings. The second-order valence-electron chi connectivity index (χ2n) is 4.81. The lowest BCUT2D eigenvalue weighted by molar-refractivity contribution is -0.385. The third kappa shape index (κ3) is 3.40. The molecule has 102 valence electrons. The smallest absolute Gasteiger partial charge is 0.323 e. The molecule has 0 saturated heterocycles. The minimum atomic E-state index is -0.930. The summed E-state index contributed by atoms with van der Waals surface area (Å²) >= 11 is 0. The van der Waals surface area contributed by atoms with E-state index in [0.29, 0.717) is 23.8 Å². The topological polar surface area (TPSA) is 96.6 Å². The van der Waals surface area contributed by atoms with Crippen LogP contribution in [0.4, 0.5) is 11.5 Å². The van der Waals surface area contributed by atoms with Crippen LogP contribution in [-0.4, -0.2) is 34.1 Å². The molecule has 1 aromatic rings. The number of carboxylic acid groups (broad SMARTS) is 1. The van der Waals surface area contributed by atoms with Crippen LogP contribution in [0.3, 0.4) is 0 Å². The van der Waals surface area contributed by atoms with Crippen molar-refractivity contribution in [1.82, 2.24) is 4.98 Å². The fourth-order valence-corrected chi connectivity index (χ4v) is 1.98. The number of aryl methyl sites for hydroxylation is 1. The van der Waals surface area contributed by atoms with Crippen LogP contribution in [0, 0.1) is 23.0 Å². The van der Waals surface area contributed by atoms with Gasteiger partial charge in [0.25, 0.3) is 5.69 Å². The fourth-order valence-electron chi connectivity index (χ4n) is 1.98. The van der Waals surface area contributed by atoms with Crippen LogP contribution in [-0.2, 0) is 4.79 Å². The molecule has 1 heterocycles. The van der Waals surface area contributed by atoms with Crippen molar-refractivity contribution in [2.24, 2.45) is 5.92 Å². The third-order valence-corrected chi connectivity index (χ3v) is 3.05. The number of aromatic nitrogens is 1. The second-order valence-corrected chi connectivity index (χ2v) is 4.81. The molecule has 0 spiro atoms. The molecule has 7 heteroatoms. The van der Waals surface area contributed by atoms with Crippen molar-refractivity contribution in [3.8, 4) is 0 Å². The number of hydrogen-bond donors (Lipinski definition) is 1. The predicted octanol–water partition coefficient (Wildman–Crippen LogP) is 1.60. The van der Waals surface area contributed by atoms with Crippen molar-refractivity contribution in [2.75, 3.05) is 18.0 Å². The van der Waals surface area contributed by atoms with Gasteiger partial charge >= 0.3 is 5.97 Å². The van der Waals surface area contributed by atoms with Crippen LogP contribution >= 0.6 is 0 Å². The summed E-state index contributed by atoms with van der Waals surface area (Å²) < 4.78 is 0. The minimum Gasteiger partial charge on any atom is -0.480 e. The van der Waals surface area contributed by atoms with Crippen molar-refractivity contribution in [3.63, 3.8) is 0 Å². The molecule has 1 aliphatic carbocycles. The van der Waals surface area contributed by atoms with Crippen molar-refractivity contribution >= 4 is 17.5 Å². The summed E-state index contributed by atoms with van der Waals surface area (Å²) in [5, 5.41) is 19.6. The van der Waals surface area contributed by atoms with Gasteiger partial charge < -0.3 is 10.0 Å². The Morgan fingerprint density at radius 3 is 2.79 bits per heavy atom. The van der Waals surface area contributed by atoms with Gasteiger partial charge in [-0.25, -0.2) is 4.98 Å². The number of carboxylic acids is 1. The Balaban J connectivity index is 2.24. The first-order chi connectivity index (χ1) is 8.97. The van der Waals surface area contributed by atoms with Gasteiger partial charge in [0, 0.05) is 12.6 Å². The molecule has 19 heavy (non-hydrogen) atoms. The van der Waals surface area contributed by atoms with Crippen LogP contribution < -0.4 is 4.90 Å². The molecule has 1 fully saturated rings. The molecule has 0 atom stereocenters. The number of aliphatic carboxylic acids is 1. The van der Waals surface area contributed by atoms with E-state index in [4.69, 9.17) is 5.11 Å². The van der Waals surface area contributed by atoms with Gasteiger partial charge in [0.15, 0.2) is 0 Å². The molecule has 1 aromatic heterocycles. The zero-order valence-corrected chi connectivity index (χ0v) is 10.6. The molecule has 2 rings (SSSR count). The zero-order chi connectivity index (χ0) is 14.0. The summed E-state index contributed by atoms with van der Waals surface area (Å²) in [6, 6.07) is 1.42. The Morgan fingerprint density at radius 1 is 1.63 bits per heavy atom. The summed E-state index contributed by atoms with van der Waals surface area (Å²) in [4.78, 5) is 26.8. The van der Waals surface area contributed by atoms with Gasteiger partial charge in [0.1, 0.15) is 18.6 Å². The molecule has 0 unspecified atom stereocenters. The van der Waals surface area contributed by atoms with E-state index in [2.05, 4.69) is 4.98 Å². The monoisotopic (exact) mass is 265 g/mol. The first kappa shape index (κ1) is 13.3. The molecule has 0 amide bonds. The van der Waals surface area contributed by atoms with Gasteiger partial charge in [0.2, 0.25) is 0 Å². The number of rotatable bonds is 6. The average Bonchev–Trinajstić information content (AvgIpc) is 3.11. The van der Waals surface area contributed by atoms with E-state index in [1.807, 2.05) is 0 Å². The summed E-state index contributed by atoms with van der Waals surface area (Å²) in [5.41, 5.74) is 0.541. The highest BCUT2D eigenvalue weighted by atomic mass is 16.6. The first-order valence-electron chi connectivity index (χ1n) is 6.05. The maximum atomic E-state index is 10.9. The number of nitrogens with zero attached hydrogens (tertiary/aromatic N) is 3. The molecular formula is C12H15N3O4. The highest BCUT2D eigenvalue weighted by molar-refractivity contribution is 5.73. The van der Waals surface area contributed by atoms with Crippen molar-refractivity contribution in [1.29, 1.82) is 0 Å². The van der Waals surface area contributed by atoms with E-state index in [1.54, 1.807) is 11.8 Å². The molecule has 1 saturated carbocycles. The zero-order valence-electron chi connectivity index (χ0n) is 10.6. The molecule has 1 N–H and O–H groups in total. The van der Waals surface area contributed by atoms with Crippen molar-refractivity contribution < 1.29 is 14.8 Å². The van der Waals surface area contributed by atoms with Gasteiger partial charge in [-0.15, -0.1) is 0 Å². The van der Waals surface area contributed by atoms with Crippen molar-refractivity contribution in [2.45, 2.75) is 19.8 Å². The maximum Gasteiger partial charge on any atom is 0.323 e. The lowest BCUT2D eigenvalue weighted by atomic mass is 10.2. The van der Waals surface area contributed by atoms with Crippen molar-refractivity contribution in [3.05, 3.63) is 27.9 Å². The number of pyridine rings is 1.